The van der Waals surface area contributed by atoms with E-state index < -0.39 is 0 Å². The van der Waals surface area contributed by atoms with Crippen molar-refractivity contribution in [3.63, 3.8) is 0 Å². The molecule has 6 heteroatoms. The van der Waals surface area contributed by atoms with Gasteiger partial charge in [-0.25, -0.2) is 5.10 Å². The van der Waals surface area contributed by atoms with Gasteiger partial charge in [0, 0.05) is 17.3 Å². The number of aromatic amines is 1. The first-order chi connectivity index (χ1) is 13.2. The molecule has 0 unspecified atom stereocenters. The van der Waals surface area contributed by atoms with Crippen molar-refractivity contribution in [3.05, 3.63) is 93.4 Å². The number of H-pyrrole nitrogens is 1. The molecule has 2 aromatic carbocycles. The van der Waals surface area contributed by atoms with Crippen molar-refractivity contribution < 1.29 is 4.79 Å². The van der Waals surface area contributed by atoms with E-state index >= 15 is 0 Å². The first-order valence-electron chi connectivity index (χ1n) is 8.30. The van der Waals surface area contributed by atoms with Crippen molar-refractivity contribution in [1.29, 1.82) is 0 Å². The number of benzene rings is 2. The maximum Gasteiger partial charge on any atom is 0.265 e. The summed E-state index contributed by atoms with van der Waals surface area (Å²) in [4.78, 5) is 24.4. The van der Waals surface area contributed by atoms with E-state index in [1.807, 2.05) is 66.0 Å². The molecule has 0 fully saturated rings. The van der Waals surface area contributed by atoms with Crippen molar-refractivity contribution >= 4 is 22.9 Å². The van der Waals surface area contributed by atoms with Crippen molar-refractivity contribution in [2.24, 2.45) is 0 Å². The van der Waals surface area contributed by atoms with Gasteiger partial charge >= 0.3 is 0 Å². The first-order valence-corrected chi connectivity index (χ1v) is 9.18. The van der Waals surface area contributed by atoms with E-state index in [0.29, 0.717) is 16.3 Å². The fraction of sp³-hybridized carbons (Fsp3) is 0. The van der Waals surface area contributed by atoms with Gasteiger partial charge in [-0.1, -0.05) is 42.5 Å². The summed E-state index contributed by atoms with van der Waals surface area (Å²) in [7, 11) is 0. The van der Waals surface area contributed by atoms with Gasteiger partial charge in [0.15, 0.2) is 0 Å². The highest BCUT2D eigenvalue weighted by atomic mass is 32.1. The van der Waals surface area contributed by atoms with E-state index in [1.54, 1.807) is 6.07 Å². The molecule has 1 amide bonds. The Hall–Kier alpha value is -3.51. The summed E-state index contributed by atoms with van der Waals surface area (Å²) in [6.45, 7) is 0. The standard InChI is InChI=1S/C21H15N3O2S/c25-20-10-9-18(23-24-20)15-7-4-8-17(11-15)22-21(26)19-12-16(13-27-19)14-5-2-1-3-6-14/h1-13H,(H,22,26)(H,24,25). The summed E-state index contributed by atoms with van der Waals surface area (Å²) in [6, 6.07) is 22.3. The number of hydrogen-bond acceptors (Lipinski definition) is 4. The molecule has 2 heterocycles. The molecule has 0 bridgehead atoms. The Morgan fingerprint density at radius 1 is 0.889 bits per heavy atom. The van der Waals surface area contributed by atoms with Crippen molar-refractivity contribution in [1.82, 2.24) is 10.2 Å². The summed E-state index contributed by atoms with van der Waals surface area (Å²) in [5.41, 5.74) is 3.96. The van der Waals surface area contributed by atoms with Crippen LogP contribution < -0.4 is 10.9 Å². The lowest BCUT2D eigenvalue weighted by Crippen LogP contribution is -2.10. The zero-order chi connectivity index (χ0) is 18.6. The van der Waals surface area contributed by atoms with Crippen LogP contribution in [0.25, 0.3) is 22.4 Å². The Kier molecular flexibility index (Phi) is 4.63. The zero-order valence-electron chi connectivity index (χ0n) is 14.2. The van der Waals surface area contributed by atoms with E-state index in [1.165, 1.54) is 17.4 Å². The second kappa shape index (κ2) is 7.39. The maximum absolute atomic E-state index is 12.6. The zero-order valence-corrected chi connectivity index (χ0v) is 15.0. The average molecular weight is 373 g/mol. The smallest absolute Gasteiger partial charge is 0.265 e. The van der Waals surface area contributed by atoms with Crippen LogP contribution in [-0.2, 0) is 0 Å². The summed E-state index contributed by atoms with van der Waals surface area (Å²) in [5, 5.41) is 11.3. The molecule has 0 saturated heterocycles. The minimum Gasteiger partial charge on any atom is -0.321 e. The second-order valence-corrected chi connectivity index (χ2v) is 6.82. The van der Waals surface area contributed by atoms with Gasteiger partial charge in [0.1, 0.15) is 0 Å². The lowest BCUT2D eigenvalue weighted by molar-refractivity contribution is 0.103. The highest BCUT2D eigenvalue weighted by Crippen LogP contribution is 2.26. The van der Waals surface area contributed by atoms with E-state index in [9.17, 15) is 9.59 Å². The van der Waals surface area contributed by atoms with E-state index in [0.717, 1.165) is 16.7 Å². The van der Waals surface area contributed by atoms with Crippen molar-refractivity contribution in [2.75, 3.05) is 5.32 Å². The molecule has 0 aliphatic carbocycles. The van der Waals surface area contributed by atoms with Crippen LogP contribution in [-0.4, -0.2) is 16.1 Å². The number of hydrogen-bond donors (Lipinski definition) is 2. The van der Waals surface area contributed by atoms with Crippen LogP contribution in [0.1, 0.15) is 9.67 Å². The van der Waals surface area contributed by atoms with Crippen LogP contribution >= 0.6 is 11.3 Å². The highest BCUT2D eigenvalue weighted by Gasteiger charge is 2.11. The fourth-order valence-corrected chi connectivity index (χ4v) is 3.50. The molecule has 5 nitrogen and oxygen atoms in total. The Balaban J connectivity index is 1.53. The number of nitrogens with zero attached hydrogens (tertiary/aromatic N) is 1. The van der Waals surface area contributed by atoms with E-state index in [4.69, 9.17) is 0 Å². The summed E-state index contributed by atoms with van der Waals surface area (Å²) in [5.74, 6) is -0.159. The largest absolute Gasteiger partial charge is 0.321 e. The van der Waals surface area contributed by atoms with Crippen LogP contribution in [0.2, 0.25) is 0 Å². The van der Waals surface area contributed by atoms with Crippen LogP contribution in [0.5, 0.6) is 0 Å². The molecule has 2 aromatic heterocycles. The van der Waals surface area contributed by atoms with Gasteiger partial charge in [0.25, 0.3) is 11.5 Å². The average Bonchev–Trinajstić information content (AvgIpc) is 3.20. The van der Waals surface area contributed by atoms with Gasteiger partial charge in [-0.3, -0.25) is 9.59 Å². The topological polar surface area (TPSA) is 74.8 Å². The van der Waals surface area contributed by atoms with Crippen LogP contribution in [0.3, 0.4) is 0 Å². The molecular weight excluding hydrogens is 358 g/mol. The number of carbonyl (C=O) groups is 1. The van der Waals surface area contributed by atoms with Crippen molar-refractivity contribution in [2.45, 2.75) is 0 Å². The Morgan fingerprint density at radius 2 is 1.70 bits per heavy atom. The second-order valence-electron chi connectivity index (χ2n) is 5.91. The van der Waals surface area contributed by atoms with Gasteiger partial charge in [-0.05, 0) is 40.8 Å². The Morgan fingerprint density at radius 3 is 2.48 bits per heavy atom. The number of aromatic nitrogens is 2. The van der Waals surface area contributed by atoms with Gasteiger partial charge < -0.3 is 5.32 Å². The maximum atomic E-state index is 12.6. The number of carbonyl (C=O) groups excluding carboxylic acids is 1. The van der Waals surface area contributed by atoms with Crippen molar-refractivity contribution in [3.8, 4) is 22.4 Å². The minimum atomic E-state index is -0.255. The van der Waals surface area contributed by atoms with Crippen LogP contribution in [0.15, 0.2) is 83.0 Å². The van der Waals surface area contributed by atoms with Gasteiger partial charge in [0.2, 0.25) is 0 Å². The van der Waals surface area contributed by atoms with Gasteiger partial charge in [-0.15, -0.1) is 11.3 Å². The number of amides is 1. The van der Waals surface area contributed by atoms with Gasteiger partial charge in [-0.2, -0.15) is 5.10 Å². The fourth-order valence-electron chi connectivity index (χ4n) is 2.69. The first kappa shape index (κ1) is 16.9. The Bertz CT molecular complexity index is 1130. The molecule has 4 aromatic rings. The molecule has 4 rings (SSSR count). The normalized spacial score (nSPS) is 10.5. The molecule has 2 N–H and O–H groups in total. The lowest BCUT2D eigenvalue weighted by atomic mass is 10.1. The number of thiophene rings is 1. The van der Waals surface area contributed by atoms with E-state index in [2.05, 4.69) is 15.5 Å². The Labute approximate surface area is 159 Å². The quantitative estimate of drug-likeness (QED) is 0.556. The molecule has 0 aliphatic rings. The van der Waals surface area contributed by atoms with E-state index in [-0.39, 0.29) is 11.5 Å². The summed E-state index contributed by atoms with van der Waals surface area (Å²) < 4.78 is 0. The lowest BCUT2D eigenvalue weighted by Gasteiger charge is -2.06. The number of rotatable bonds is 4. The molecule has 0 radical (unpaired) electrons. The van der Waals surface area contributed by atoms with Gasteiger partial charge in [0.05, 0.1) is 10.6 Å². The monoisotopic (exact) mass is 373 g/mol. The molecule has 0 spiro atoms. The molecule has 132 valence electrons. The SMILES string of the molecule is O=C(Nc1cccc(-c2ccc(=O)[nH]n2)c1)c1cc(-c2ccccc2)cs1. The third-order valence-electron chi connectivity index (χ3n) is 4.03. The predicted octanol–water partition coefficient (Wildman–Crippen LogP) is 4.42. The molecule has 27 heavy (non-hydrogen) atoms. The molecule has 0 atom stereocenters. The molecule has 0 saturated carbocycles. The van der Waals surface area contributed by atoms with Crippen LogP contribution in [0, 0.1) is 0 Å². The third kappa shape index (κ3) is 3.86. The predicted molar refractivity (Wildman–Crippen MR) is 108 cm³/mol. The number of nitrogens with one attached hydrogen (secondary N) is 2. The van der Waals surface area contributed by atoms with Crippen LogP contribution in [0.4, 0.5) is 5.69 Å². The molecule has 0 aliphatic heterocycles. The number of anilines is 1. The highest BCUT2D eigenvalue weighted by molar-refractivity contribution is 7.12. The minimum absolute atomic E-state index is 0.159. The summed E-state index contributed by atoms with van der Waals surface area (Å²) in [6.07, 6.45) is 0. The molecular formula is C21H15N3O2S. The summed E-state index contributed by atoms with van der Waals surface area (Å²) >= 11 is 1.41. The third-order valence-corrected chi connectivity index (χ3v) is 4.95.